The Labute approximate surface area is 81.6 Å². The summed E-state index contributed by atoms with van der Waals surface area (Å²) in [4.78, 5) is 0. The minimum atomic E-state index is -0.0629. The summed E-state index contributed by atoms with van der Waals surface area (Å²) in [5, 5.41) is 0. The van der Waals surface area contributed by atoms with E-state index in [9.17, 15) is 0 Å². The van der Waals surface area contributed by atoms with E-state index < -0.39 is 0 Å². The first-order valence-corrected chi connectivity index (χ1v) is 4.67. The van der Waals surface area contributed by atoms with Crippen molar-refractivity contribution < 1.29 is 9.47 Å². The third kappa shape index (κ3) is 11.5. The molecular weight excluding hydrogens is 164 g/mol. The minimum absolute atomic E-state index is 0.0629. The Kier molecular flexibility index (Phi) is 6.66. The second-order valence-electron chi connectivity index (χ2n) is 3.75. The Balaban J connectivity index is 3.12. The fraction of sp³-hybridized carbons (Fsp3) is 0.818. The van der Waals surface area contributed by atoms with Gasteiger partial charge in [0.05, 0.1) is 25.4 Å². The number of hydrogen-bond donors (Lipinski definition) is 0. The van der Waals surface area contributed by atoms with Crippen LogP contribution in [0, 0.1) is 11.8 Å². The van der Waals surface area contributed by atoms with Crippen molar-refractivity contribution in [1.29, 1.82) is 0 Å². The van der Waals surface area contributed by atoms with Gasteiger partial charge in [0.25, 0.3) is 0 Å². The lowest BCUT2D eigenvalue weighted by Crippen LogP contribution is -2.21. The summed E-state index contributed by atoms with van der Waals surface area (Å²) in [6.45, 7) is 9.96. The molecule has 0 rings (SSSR count). The summed E-state index contributed by atoms with van der Waals surface area (Å²) >= 11 is 0. The molecule has 0 amide bonds. The normalized spacial score (nSPS) is 10.8. The van der Waals surface area contributed by atoms with Crippen LogP contribution >= 0.6 is 0 Å². The molecule has 0 aliphatic heterocycles. The predicted octanol–water partition coefficient (Wildman–Crippen LogP) is 2.23. The quantitative estimate of drug-likeness (QED) is 0.482. The highest BCUT2D eigenvalue weighted by atomic mass is 16.5. The number of ether oxygens (including phenoxy) is 2. The van der Waals surface area contributed by atoms with Crippen LogP contribution in [0.4, 0.5) is 0 Å². The van der Waals surface area contributed by atoms with Gasteiger partial charge in [0.2, 0.25) is 0 Å². The maximum atomic E-state index is 5.47. The van der Waals surface area contributed by atoms with Crippen molar-refractivity contribution >= 4 is 0 Å². The Hall–Kier alpha value is -0.520. The zero-order valence-electron chi connectivity index (χ0n) is 9.14. The van der Waals surface area contributed by atoms with Gasteiger partial charge in [0.15, 0.2) is 0 Å². The van der Waals surface area contributed by atoms with Gasteiger partial charge in [-0.15, -0.1) is 11.8 Å². The summed E-state index contributed by atoms with van der Waals surface area (Å²) < 4.78 is 10.8. The highest BCUT2D eigenvalue weighted by Gasteiger charge is 2.08. The lowest BCUT2D eigenvalue weighted by molar-refractivity contribution is -0.0340. The number of hydrogen-bond acceptors (Lipinski definition) is 2. The van der Waals surface area contributed by atoms with Crippen LogP contribution in [-0.4, -0.2) is 25.4 Å². The lowest BCUT2D eigenvalue weighted by Gasteiger charge is -2.19. The van der Waals surface area contributed by atoms with Gasteiger partial charge in [-0.1, -0.05) is 0 Å². The van der Waals surface area contributed by atoms with Crippen LogP contribution in [0.1, 0.15) is 34.1 Å². The largest absolute Gasteiger partial charge is 0.378 e. The van der Waals surface area contributed by atoms with E-state index in [0.717, 1.165) is 6.42 Å². The van der Waals surface area contributed by atoms with Crippen molar-refractivity contribution in [1.82, 2.24) is 0 Å². The number of rotatable bonds is 5. The topological polar surface area (TPSA) is 18.5 Å². The van der Waals surface area contributed by atoms with Gasteiger partial charge >= 0.3 is 0 Å². The van der Waals surface area contributed by atoms with Crippen molar-refractivity contribution in [2.75, 3.05) is 19.8 Å². The molecule has 13 heavy (non-hydrogen) atoms. The first kappa shape index (κ1) is 12.5. The van der Waals surface area contributed by atoms with Crippen LogP contribution in [-0.2, 0) is 9.47 Å². The Morgan fingerprint density at radius 3 is 2.31 bits per heavy atom. The molecule has 0 aliphatic rings. The second kappa shape index (κ2) is 6.94. The second-order valence-corrected chi connectivity index (χ2v) is 3.75. The highest BCUT2D eigenvalue weighted by Crippen LogP contribution is 2.05. The van der Waals surface area contributed by atoms with Crippen molar-refractivity contribution in [2.24, 2.45) is 0 Å². The standard InChI is InChI=1S/C11H20O2/c1-5-6-7-8-12-9-10-13-11(2,3)4/h7-10H2,1-4H3. The molecule has 0 radical (unpaired) electrons. The van der Waals surface area contributed by atoms with E-state index in [1.807, 2.05) is 27.7 Å². The molecule has 0 saturated heterocycles. The van der Waals surface area contributed by atoms with E-state index in [2.05, 4.69) is 11.8 Å². The van der Waals surface area contributed by atoms with Crippen molar-refractivity contribution in [3.05, 3.63) is 0 Å². The average molecular weight is 184 g/mol. The maximum absolute atomic E-state index is 5.47. The van der Waals surface area contributed by atoms with Crippen molar-refractivity contribution in [3.63, 3.8) is 0 Å². The van der Waals surface area contributed by atoms with Gasteiger partial charge < -0.3 is 9.47 Å². The molecule has 0 spiro atoms. The fourth-order valence-corrected chi connectivity index (χ4v) is 0.757. The summed E-state index contributed by atoms with van der Waals surface area (Å²) in [6, 6.07) is 0. The molecule has 0 fully saturated rings. The van der Waals surface area contributed by atoms with E-state index in [1.54, 1.807) is 0 Å². The maximum Gasteiger partial charge on any atom is 0.0707 e. The molecule has 0 heterocycles. The minimum Gasteiger partial charge on any atom is -0.378 e. The summed E-state index contributed by atoms with van der Waals surface area (Å²) in [7, 11) is 0. The van der Waals surface area contributed by atoms with E-state index >= 15 is 0 Å². The molecule has 0 aromatic rings. The van der Waals surface area contributed by atoms with E-state index in [4.69, 9.17) is 9.47 Å². The van der Waals surface area contributed by atoms with Gasteiger partial charge in [0, 0.05) is 6.42 Å². The lowest BCUT2D eigenvalue weighted by atomic mass is 10.2. The summed E-state index contributed by atoms with van der Waals surface area (Å²) in [5.41, 5.74) is -0.0629. The molecule has 0 atom stereocenters. The van der Waals surface area contributed by atoms with E-state index in [0.29, 0.717) is 19.8 Å². The van der Waals surface area contributed by atoms with E-state index in [1.165, 1.54) is 0 Å². The zero-order chi connectivity index (χ0) is 10.2. The van der Waals surface area contributed by atoms with Gasteiger partial charge in [-0.2, -0.15) is 0 Å². The zero-order valence-corrected chi connectivity index (χ0v) is 9.14. The van der Waals surface area contributed by atoms with Gasteiger partial charge in [-0.05, 0) is 27.7 Å². The molecule has 0 aliphatic carbocycles. The van der Waals surface area contributed by atoms with Gasteiger partial charge in [0.1, 0.15) is 0 Å². The van der Waals surface area contributed by atoms with Crippen LogP contribution < -0.4 is 0 Å². The van der Waals surface area contributed by atoms with Crippen LogP contribution in [0.5, 0.6) is 0 Å². The first-order valence-electron chi connectivity index (χ1n) is 4.67. The smallest absolute Gasteiger partial charge is 0.0707 e. The molecule has 2 heteroatoms. The average Bonchev–Trinajstić information content (AvgIpc) is 2.01. The predicted molar refractivity (Wildman–Crippen MR) is 54.6 cm³/mol. The first-order chi connectivity index (χ1) is 6.06. The van der Waals surface area contributed by atoms with Crippen molar-refractivity contribution in [2.45, 2.75) is 39.7 Å². The molecule has 0 aromatic heterocycles. The summed E-state index contributed by atoms with van der Waals surface area (Å²) in [5.74, 6) is 5.76. The molecule has 0 unspecified atom stereocenters. The van der Waals surface area contributed by atoms with Crippen LogP contribution in [0.15, 0.2) is 0 Å². The van der Waals surface area contributed by atoms with E-state index in [-0.39, 0.29) is 5.60 Å². The van der Waals surface area contributed by atoms with Crippen molar-refractivity contribution in [3.8, 4) is 11.8 Å². The third-order valence-corrected chi connectivity index (χ3v) is 1.31. The summed E-state index contributed by atoms with van der Waals surface area (Å²) in [6.07, 6.45) is 0.812. The molecule has 76 valence electrons. The van der Waals surface area contributed by atoms with Gasteiger partial charge in [-0.25, -0.2) is 0 Å². The molecular formula is C11H20O2. The molecule has 2 nitrogen and oxygen atoms in total. The monoisotopic (exact) mass is 184 g/mol. The van der Waals surface area contributed by atoms with Crippen LogP contribution in [0.25, 0.3) is 0 Å². The van der Waals surface area contributed by atoms with Gasteiger partial charge in [-0.3, -0.25) is 0 Å². The molecule has 0 bridgehead atoms. The highest BCUT2D eigenvalue weighted by molar-refractivity contribution is 4.94. The molecule has 0 aromatic carbocycles. The Morgan fingerprint density at radius 2 is 1.77 bits per heavy atom. The molecule has 0 N–H and O–H groups in total. The molecule has 0 saturated carbocycles. The van der Waals surface area contributed by atoms with Crippen LogP contribution in [0.2, 0.25) is 0 Å². The third-order valence-electron chi connectivity index (χ3n) is 1.31. The Morgan fingerprint density at radius 1 is 1.08 bits per heavy atom. The SMILES string of the molecule is CC#CCCOCCOC(C)(C)C. The van der Waals surface area contributed by atoms with Crippen LogP contribution in [0.3, 0.4) is 0 Å². The fourth-order valence-electron chi connectivity index (χ4n) is 0.757. The Bertz CT molecular complexity index is 169.